The third-order valence-electron chi connectivity index (χ3n) is 3.43. The fourth-order valence-electron chi connectivity index (χ4n) is 2.58. The summed E-state index contributed by atoms with van der Waals surface area (Å²) < 4.78 is 0. The summed E-state index contributed by atoms with van der Waals surface area (Å²) >= 11 is 0. The largest absolute Gasteiger partial charge is 0.332 e. The first-order valence-electron chi connectivity index (χ1n) is 5.87. The molecule has 0 aliphatic carbocycles. The molecule has 3 amide bonds. The van der Waals surface area contributed by atoms with Gasteiger partial charge in [0, 0.05) is 6.54 Å². The minimum atomic E-state index is -0.303. The summed E-state index contributed by atoms with van der Waals surface area (Å²) in [5.41, 5.74) is 0.929. The number of rotatable bonds is 1. The van der Waals surface area contributed by atoms with Crippen molar-refractivity contribution < 1.29 is 9.59 Å². The topological polar surface area (TPSA) is 64.4 Å². The molecular formula is C13H11N3O2. The number of carbonyl (C=O) groups is 2. The van der Waals surface area contributed by atoms with Gasteiger partial charge >= 0.3 is 6.03 Å². The van der Waals surface area contributed by atoms with Crippen LogP contribution >= 0.6 is 0 Å². The van der Waals surface area contributed by atoms with Crippen LogP contribution in [0.25, 0.3) is 0 Å². The van der Waals surface area contributed by atoms with Crippen LogP contribution in [-0.2, 0) is 4.79 Å². The van der Waals surface area contributed by atoms with E-state index >= 15 is 0 Å². The van der Waals surface area contributed by atoms with E-state index in [2.05, 4.69) is 0 Å². The summed E-state index contributed by atoms with van der Waals surface area (Å²) in [6.07, 6.45) is 1.62. The number of anilines is 1. The molecular weight excluding hydrogens is 230 g/mol. The third kappa shape index (κ3) is 1.39. The Hall–Kier alpha value is -2.35. The number of nitrogens with zero attached hydrogens (tertiary/aromatic N) is 3. The summed E-state index contributed by atoms with van der Waals surface area (Å²) in [7, 11) is 0. The summed E-state index contributed by atoms with van der Waals surface area (Å²) in [6.45, 7) is 0.643. The highest BCUT2D eigenvalue weighted by Crippen LogP contribution is 2.31. The number of imide groups is 1. The molecule has 0 N–H and O–H groups in total. The molecule has 90 valence electrons. The highest BCUT2D eigenvalue weighted by atomic mass is 16.2. The van der Waals surface area contributed by atoms with Crippen molar-refractivity contribution >= 4 is 17.6 Å². The molecule has 2 fully saturated rings. The zero-order chi connectivity index (χ0) is 12.7. The summed E-state index contributed by atoms with van der Waals surface area (Å²) in [5.74, 6) is -0.174. The molecule has 5 heteroatoms. The number of hydrogen-bond donors (Lipinski definition) is 0. The molecule has 1 atom stereocenters. The smallest absolute Gasteiger partial charge is 0.312 e. The number of fused-ring (bicyclic) bond motifs is 1. The van der Waals surface area contributed by atoms with Crippen LogP contribution in [0.5, 0.6) is 0 Å². The lowest BCUT2D eigenvalue weighted by Crippen LogP contribution is -2.33. The lowest BCUT2D eigenvalue weighted by molar-refractivity contribution is -0.119. The normalized spacial score (nSPS) is 22.3. The number of carbonyl (C=O) groups excluding carboxylic acids is 2. The van der Waals surface area contributed by atoms with Crippen molar-refractivity contribution in [3.05, 3.63) is 29.8 Å². The number of urea groups is 1. The van der Waals surface area contributed by atoms with Crippen LogP contribution in [0.4, 0.5) is 10.5 Å². The quantitative estimate of drug-likeness (QED) is 0.700. The Morgan fingerprint density at radius 3 is 2.89 bits per heavy atom. The third-order valence-corrected chi connectivity index (χ3v) is 3.43. The number of benzene rings is 1. The van der Waals surface area contributed by atoms with Gasteiger partial charge in [0.1, 0.15) is 6.04 Å². The van der Waals surface area contributed by atoms with Crippen molar-refractivity contribution in [2.24, 2.45) is 0 Å². The molecule has 0 aromatic heterocycles. The predicted octanol–water partition coefficient (Wildman–Crippen LogP) is 1.49. The number of nitriles is 1. The van der Waals surface area contributed by atoms with Crippen LogP contribution in [0.2, 0.25) is 0 Å². The molecule has 18 heavy (non-hydrogen) atoms. The van der Waals surface area contributed by atoms with Gasteiger partial charge in [0.2, 0.25) is 0 Å². The first kappa shape index (κ1) is 10.8. The van der Waals surface area contributed by atoms with Crippen molar-refractivity contribution in [1.29, 1.82) is 5.26 Å². The second-order valence-corrected chi connectivity index (χ2v) is 4.47. The predicted molar refractivity (Wildman–Crippen MR) is 63.8 cm³/mol. The highest BCUT2D eigenvalue weighted by molar-refractivity contribution is 6.21. The Morgan fingerprint density at radius 1 is 1.33 bits per heavy atom. The van der Waals surface area contributed by atoms with Gasteiger partial charge in [-0.05, 0) is 31.0 Å². The van der Waals surface area contributed by atoms with Crippen molar-refractivity contribution in [1.82, 2.24) is 4.90 Å². The Balaban J connectivity index is 2.00. The van der Waals surface area contributed by atoms with Crippen LogP contribution in [-0.4, -0.2) is 29.4 Å². The number of amides is 3. The van der Waals surface area contributed by atoms with Crippen molar-refractivity contribution in [2.45, 2.75) is 18.9 Å². The fraction of sp³-hybridized carbons (Fsp3) is 0.308. The Kier molecular flexibility index (Phi) is 2.30. The SMILES string of the molecule is N#Cc1cccc(N2C(=O)C3CCCN3C2=O)c1. The van der Waals surface area contributed by atoms with E-state index in [1.54, 1.807) is 29.2 Å². The average molecular weight is 241 g/mol. The van der Waals surface area contributed by atoms with Crippen molar-refractivity contribution in [3.63, 3.8) is 0 Å². The van der Waals surface area contributed by atoms with Gasteiger partial charge in [0.05, 0.1) is 17.3 Å². The first-order valence-corrected chi connectivity index (χ1v) is 5.87. The van der Waals surface area contributed by atoms with Crippen LogP contribution in [0.3, 0.4) is 0 Å². The standard InChI is InChI=1S/C13H11N3O2/c14-8-9-3-1-4-10(7-9)16-12(17)11-5-2-6-15(11)13(16)18/h1,3-4,7,11H,2,5-6H2. The van der Waals surface area contributed by atoms with Gasteiger partial charge in [-0.15, -0.1) is 0 Å². The van der Waals surface area contributed by atoms with Gasteiger partial charge in [0.25, 0.3) is 5.91 Å². The molecule has 1 unspecified atom stereocenters. The molecule has 0 bridgehead atoms. The second kappa shape index (κ2) is 3.84. The summed E-state index contributed by atoms with van der Waals surface area (Å²) in [4.78, 5) is 27.1. The molecule has 2 aliphatic heterocycles. The molecule has 5 nitrogen and oxygen atoms in total. The molecule has 2 heterocycles. The zero-order valence-electron chi connectivity index (χ0n) is 9.67. The Morgan fingerprint density at radius 2 is 2.17 bits per heavy atom. The lowest BCUT2D eigenvalue weighted by Gasteiger charge is -2.15. The van der Waals surface area contributed by atoms with Crippen molar-refractivity contribution in [2.75, 3.05) is 11.4 Å². The molecule has 0 saturated carbocycles. The van der Waals surface area contributed by atoms with Gasteiger partial charge in [-0.3, -0.25) is 4.79 Å². The van der Waals surface area contributed by atoms with E-state index in [1.165, 1.54) is 4.90 Å². The molecule has 1 aromatic carbocycles. The van der Waals surface area contributed by atoms with Crippen LogP contribution < -0.4 is 4.90 Å². The maximum absolute atomic E-state index is 12.2. The molecule has 3 rings (SSSR count). The van der Waals surface area contributed by atoms with Gasteiger partial charge in [-0.25, -0.2) is 9.69 Å². The van der Waals surface area contributed by atoms with Crippen LogP contribution in [0, 0.1) is 11.3 Å². The van der Waals surface area contributed by atoms with E-state index in [0.29, 0.717) is 17.8 Å². The van der Waals surface area contributed by atoms with Gasteiger partial charge in [0.15, 0.2) is 0 Å². The van der Waals surface area contributed by atoms with E-state index in [4.69, 9.17) is 5.26 Å². The van der Waals surface area contributed by atoms with Crippen LogP contribution in [0.15, 0.2) is 24.3 Å². The van der Waals surface area contributed by atoms with Gasteiger partial charge < -0.3 is 4.90 Å². The maximum Gasteiger partial charge on any atom is 0.332 e. The summed E-state index contributed by atoms with van der Waals surface area (Å²) in [6, 6.07) is 8.01. The van der Waals surface area contributed by atoms with E-state index in [0.717, 1.165) is 12.8 Å². The molecule has 0 radical (unpaired) electrons. The average Bonchev–Trinajstić information content (AvgIpc) is 2.95. The van der Waals surface area contributed by atoms with Gasteiger partial charge in [-0.1, -0.05) is 6.07 Å². The minimum Gasteiger partial charge on any atom is -0.312 e. The molecule has 2 aliphatic rings. The zero-order valence-corrected chi connectivity index (χ0v) is 9.67. The van der Waals surface area contributed by atoms with E-state index < -0.39 is 0 Å². The van der Waals surface area contributed by atoms with Crippen LogP contribution in [0.1, 0.15) is 18.4 Å². The lowest BCUT2D eigenvalue weighted by atomic mass is 10.2. The molecule has 0 spiro atoms. The van der Waals surface area contributed by atoms with Crippen molar-refractivity contribution in [3.8, 4) is 6.07 Å². The fourth-order valence-corrected chi connectivity index (χ4v) is 2.58. The second-order valence-electron chi connectivity index (χ2n) is 4.47. The Labute approximate surface area is 104 Å². The first-order chi connectivity index (χ1) is 8.72. The van der Waals surface area contributed by atoms with E-state index in [9.17, 15) is 9.59 Å². The van der Waals surface area contributed by atoms with E-state index in [-0.39, 0.29) is 18.0 Å². The Bertz CT molecular complexity index is 554. The van der Waals surface area contributed by atoms with Gasteiger partial charge in [-0.2, -0.15) is 5.26 Å². The summed E-state index contributed by atoms with van der Waals surface area (Å²) in [5, 5.41) is 8.85. The highest BCUT2D eigenvalue weighted by Gasteiger charge is 2.47. The monoisotopic (exact) mass is 241 g/mol. The minimum absolute atomic E-state index is 0.174. The van der Waals surface area contributed by atoms with E-state index in [1.807, 2.05) is 6.07 Å². The molecule has 1 aromatic rings. The molecule has 2 saturated heterocycles. The maximum atomic E-state index is 12.2. The number of hydrogen-bond acceptors (Lipinski definition) is 3.